The van der Waals surface area contributed by atoms with Gasteiger partial charge < -0.3 is 10.6 Å². The van der Waals surface area contributed by atoms with Gasteiger partial charge in [-0.1, -0.05) is 36.4 Å². The molecule has 0 radical (unpaired) electrons. The van der Waals surface area contributed by atoms with E-state index < -0.39 is 10.0 Å². The third kappa shape index (κ3) is 3.97. The highest BCUT2D eigenvalue weighted by atomic mass is 32.2. The summed E-state index contributed by atoms with van der Waals surface area (Å²) in [7, 11) is -3.59. The van der Waals surface area contributed by atoms with Gasteiger partial charge in [0.1, 0.15) is 0 Å². The number of para-hydroxylation sites is 2. The Kier molecular flexibility index (Phi) is 5.25. The van der Waals surface area contributed by atoms with Crippen LogP contribution in [0.15, 0.2) is 77.7 Å². The lowest BCUT2D eigenvalue weighted by Crippen LogP contribution is -2.29. The van der Waals surface area contributed by atoms with Gasteiger partial charge in [-0.05, 0) is 73.1 Å². The molecule has 7 heteroatoms. The third-order valence-electron chi connectivity index (χ3n) is 4.94. The molecular formula is C22H21N3O2S2. The van der Waals surface area contributed by atoms with Crippen LogP contribution in [-0.4, -0.2) is 20.1 Å². The Hall–Kier alpha value is -2.90. The number of thiocarbonyl (C=S) groups is 1. The molecule has 0 aliphatic carbocycles. The highest BCUT2D eigenvalue weighted by Crippen LogP contribution is 2.32. The monoisotopic (exact) mass is 423 g/mol. The minimum atomic E-state index is -3.59. The molecule has 2 N–H and O–H groups in total. The Morgan fingerprint density at radius 2 is 1.62 bits per heavy atom. The number of hydrogen-bond donors (Lipinski definition) is 2. The first-order valence-corrected chi connectivity index (χ1v) is 11.1. The predicted molar refractivity (Wildman–Crippen MR) is 122 cm³/mol. The van der Waals surface area contributed by atoms with Gasteiger partial charge in [0.25, 0.3) is 10.0 Å². The van der Waals surface area contributed by atoms with Crippen LogP contribution in [0.25, 0.3) is 0 Å². The first kappa shape index (κ1) is 19.4. The van der Waals surface area contributed by atoms with E-state index in [-0.39, 0.29) is 4.90 Å². The van der Waals surface area contributed by atoms with Gasteiger partial charge in [0.15, 0.2) is 5.11 Å². The molecule has 3 aromatic carbocycles. The first-order valence-electron chi connectivity index (χ1n) is 9.29. The van der Waals surface area contributed by atoms with Crippen molar-refractivity contribution in [3.8, 4) is 0 Å². The molecule has 1 heterocycles. The Morgan fingerprint density at radius 3 is 2.38 bits per heavy atom. The van der Waals surface area contributed by atoms with E-state index in [0.29, 0.717) is 11.7 Å². The van der Waals surface area contributed by atoms with Crippen LogP contribution in [0.2, 0.25) is 0 Å². The minimum Gasteiger partial charge on any atom is -0.332 e. The average molecular weight is 424 g/mol. The van der Waals surface area contributed by atoms with E-state index in [1.165, 1.54) is 4.31 Å². The summed E-state index contributed by atoms with van der Waals surface area (Å²) in [6.45, 7) is 2.47. The van der Waals surface area contributed by atoms with Crippen LogP contribution in [0.5, 0.6) is 0 Å². The summed E-state index contributed by atoms with van der Waals surface area (Å²) >= 11 is 5.37. The molecule has 0 unspecified atom stereocenters. The fourth-order valence-corrected chi connectivity index (χ4v) is 5.12. The maximum absolute atomic E-state index is 13.1. The second-order valence-corrected chi connectivity index (χ2v) is 9.14. The molecule has 0 saturated carbocycles. The summed E-state index contributed by atoms with van der Waals surface area (Å²) in [6, 6.07) is 22.1. The molecule has 0 spiro atoms. The number of nitrogens with zero attached hydrogens (tertiary/aromatic N) is 1. The van der Waals surface area contributed by atoms with E-state index in [1.54, 1.807) is 24.3 Å². The van der Waals surface area contributed by atoms with Gasteiger partial charge in [-0.2, -0.15) is 0 Å². The van der Waals surface area contributed by atoms with Crippen LogP contribution < -0.4 is 14.9 Å². The normalized spacial score (nSPS) is 13.1. The number of sulfonamides is 1. The highest BCUT2D eigenvalue weighted by Gasteiger charge is 2.30. The predicted octanol–water partition coefficient (Wildman–Crippen LogP) is 4.56. The molecule has 0 fully saturated rings. The standard InChI is InChI=1S/C22H21N3O2S2/c1-16-6-2-4-8-20(16)24-22(28)23-18-10-12-19(13-11-18)29(26,27)25-15-14-17-7-3-5-9-21(17)25/h2-13H,14-15H2,1H3,(H2,23,24,28). The van der Waals surface area contributed by atoms with Crippen LogP contribution in [0, 0.1) is 6.92 Å². The number of nitrogens with one attached hydrogen (secondary N) is 2. The molecule has 0 aromatic heterocycles. The van der Waals surface area contributed by atoms with Crippen molar-refractivity contribution < 1.29 is 8.42 Å². The lowest BCUT2D eigenvalue weighted by Gasteiger charge is -2.20. The van der Waals surface area contributed by atoms with Crippen molar-refractivity contribution in [1.82, 2.24) is 0 Å². The topological polar surface area (TPSA) is 61.4 Å². The van der Waals surface area contributed by atoms with Crippen LogP contribution >= 0.6 is 12.2 Å². The number of anilines is 3. The van der Waals surface area contributed by atoms with E-state index in [4.69, 9.17) is 12.2 Å². The van der Waals surface area contributed by atoms with Crippen molar-refractivity contribution in [2.45, 2.75) is 18.2 Å². The second-order valence-electron chi connectivity index (χ2n) is 6.87. The molecule has 148 valence electrons. The number of fused-ring (bicyclic) bond motifs is 1. The molecule has 29 heavy (non-hydrogen) atoms. The zero-order valence-corrected chi connectivity index (χ0v) is 17.6. The molecule has 1 aliphatic heterocycles. The van der Waals surface area contributed by atoms with Crippen molar-refractivity contribution in [3.05, 3.63) is 83.9 Å². The van der Waals surface area contributed by atoms with Crippen LogP contribution in [-0.2, 0) is 16.4 Å². The SMILES string of the molecule is Cc1ccccc1NC(=S)Nc1ccc(S(=O)(=O)N2CCc3ccccc32)cc1. The van der Waals surface area contributed by atoms with Crippen molar-refractivity contribution in [2.75, 3.05) is 21.5 Å². The lowest BCUT2D eigenvalue weighted by atomic mass is 10.2. The summed E-state index contributed by atoms with van der Waals surface area (Å²) in [5.74, 6) is 0. The van der Waals surface area contributed by atoms with Gasteiger partial charge >= 0.3 is 0 Å². The molecule has 1 aliphatic rings. The van der Waals surface area contributed by atoms with Gasteiger partial charge in [-0.3, -0.25) is 4.31 Å². The zero-order chi connectivity index (χ0) is 20.4. The summed E-state index contributed by atoms with van der Waals surface area (Å²) in [4.78, 5) is 0.262. The van der Waals surface area contributed by atoms with Crippen molar-refractivity contribution >= 4 is 44.4 Å². The van der Waals surface area contributed by atoms with Gasteiger partial charge in [-0.15, -0.1) is 0 Å². The number of aryl methyl sites for hydroxylation is 1. The summed E-state index contributed by atoms with van der Waals surface area (Å²) < 4.78 is 27.6. The highest BCUT2D eigenvalue weighted by molar-refractivity contribution is 7.92. The third-order valence-corrected chi connectivity index (χ3v) is 6.97. The van der Waals surface area contributed by atoms with Crippen LogP contribution in [0.3, 0.4) is 0 Å². The Balaban J connectivity index is 1.48. The average Bonchev–Trinajstić information content (AvgIpc) is 3.15. The van der Waals surface area contributed by atoms with Crippen molar-refractivity contribution in [2.24, 2.45) is 0 Å². The van der Waals surface area contributed by atoms with Crippen molar-refractivity contribution in [1.29, 1.82) is 0 Å². The second kappa shape index (κ2) is 7.85. The quantitative estimate of drug-likeness (QED) is 0.603. The molecule has 0 bridgehead atoms. The van der Waals surface area contributed by atoms with Gasteiger partial charge in [-0.25, -0.2) is 8.42 Å². The molecular weight excluding hydrogens is 402 g/mol. The van der Waals surface area contributed by atoms with Crippen molar-refractivity contribution in [3.63, 3.8) is 0 Å². The Labute approximate surface area is 176 Å². The van der Waals surface area contributed by atoms with E-state index in [1.807, 2.05) is 55.5 Å². The largest absolute Gasteiger partial charge is 0.332 e. The van der Waals surface area contributed by atoms with Crippen LogP contribution in [0.4, 0.5) is 17.1 Å². The van der Waals surface area contributed by atoms with E-state index >= 15 is 0 Å². The molecule has 3 aromatic rings. The summed E-state index contributed by atoms with van der Waals surface area (Å²) in [6.07, 6.45) is 0.730. The molecule has 4 rings (SSSR count). The van der Waals surface area contributed by atoms with E-state index in [0.717, 1.165) is 34.6 Å². The van der Waals surface area contributed by atoms with Gasteiger partial charge in [0, 0.05) is 17.9 Å². The minimum absolute atomic E-state index is 0.262. The molecule has 5 nitrogen and oxygen atoms in total. The maximum Gasteiger partial charge on any atom is 0.264 e. The van der Waals surface area contributed by atoms with E-state index in [9.17, 15) is 8.42 Å². The number of rotatable bonds is 4. The zero-order valence-electron chi connectivity index (χ0n) is 15.9. The van der Waals surface area contributed by atoms with Gasteiger partial charge in [0.2, 0.25) is 0 Å². The fraction of sp³-hybridized carbons (Fsp3) is 0.136. The number of benzene rings is 3. The van der Waals surface area contributed by atoms with E-state index in [2.05, 4.69) is 10.6 Å². The number of hydrogen-bond acceptors (Lipinski definition) is 3. The Morgan fingerprint density at radius 1 is 0.931 bits per heavy atom. The van der Waals surface area contributed by atoms with Gasteiger partial charge in [0.05, 0.1) is 10.6 Å². The smallest absolute Gasteiger partial charge is 0.264 e. The molecule has 0 saturated heterocycles. The molecule has 0 amide bonds. The molecule has 0 atom stereocenters. The van der Waals surface area contributed by atoms with Crippen LogP contribution in [0.1, 0.15) is 11.1 Å². The Bertz CT molecular complexity index is 1160. The fourth-order valence-electron chi connectivity index (χ4n) is 3.39. The maximum atomic E-state index is 13.1. The first-order chi connectivity index (χ1) is 13.9. The lowest BCUT2D eigenvalue weighted by molar-refractivity contribution is 0.592. The summed E-state index contributed by atoms with van der Waals surface area (Å²) in [5.41, 5.74) is 4.55. The summed E-state index contributed by atoms with van der Waals surface area (Å²) in [5, 5.41) is 6.69.